The molecule has 1 aromatic rings. The van der Waals surface area contributed by atoms with Crippen LogP contribution in [0.5, 0.6) is 5.75 Å². The van der Waals surface area contributed by atoms with E-state index in [1.165, 1.54) is 0 Å². The zero-order chi connectivity index (χ0) is 12.5. The molecule has 0 aliphatic heterocycles. The van der Waals surface area contributed by atoms with Crippen LogP contribution < -0.4 is 15.8 Å². The SMILES string of the molecule is CNCC1(C(N)c2ccc(OC)cc2Cl)CC1. The summed E-state index contributed by atoms with van der Waals surface area (Å²) in [7, 11) is 3.59. The number of hydrogen-bond donors (Lipinski definition) is 2. The third-order valence-electron chi connectivity index (χ3n) is 3.62. The number of methoxy groups -OCH3 is 1. The van der Waals surface area contributed by atoms with Gasteiger partial charge in [-0.15, -0.1) is 0 Å². The number of ether oxygens (including phenoxy) is 1. The van der Waals surface area contributed by atoms with Gasteiger partial charge in [0.15, 0.2) is 0 Å². The van der Waals surface area contributed by atoms with Crippen LogP contribution in [0.2, 0.25) is 5.02 Å². The molecule has 1 aliphatic carbocycles. The van der Waals surface area contributed by atoms with E-state index in [4.69, 9.17) is 22.1 Å². The molecule has 0 spiro atoms. The highest BCUT2D eigenvalue weighted by molar-refractivity contribution is 6.31. The average molecular weight is 255 g/mol. The van der Waals surface area contributed by atoms with E-state index >= 15 is 0 Å². The lowest BCUT2D eigenvalue weighted by Crippen LogP contribution is -2.31. The van der Waals surface area contributed by atoms with E-state index in [2.05, 4.69) is 5.32 Å². The van der Waals surface area contributed by atoms with Gasteiger partial charge in [0.05, 0.1) is 7.11 Å². The monoisotopic (exact) mass is 254 g/mol. The second-order valence-electron chi connectivity index (χ2n) is 4.76. The lowest BCUT2D eigenvalue weighted by molar-refractivity contribution is 0.390. The summed E-state index contributed by atoms with van der Waals surface area (Å²) >= 11 is 6.26. The van der Waals surface area contributed by atoms with E-state index < -0.39 is 0 Å². The molecule has 0 saturated heterocycles. The highest BCUT2D eigenvalue weighted by Gasteiger charge is 2.48. The summed E-state index contributed by atoms with van der Waals surface area (Å²) in [6, 6.07) is 5.71. The largest absolute Gasteiger partial charge is 0.497 e. The van der Waals surface area contributed by atoms with Crippen molar-refractivity contribution < 1.29 is 4.74 Å². The molecule has 1 saturated carbocycles. The molecule has 0 bridgehead atoms. The Balaban J connectivity index is 2.22. The van der Waals surface area contributed by atoms with Crippen LogP contribution in [0.3, 0.4) is 0 Å². The van der Waals surface area contributed by atoms with E-state index in [-0.39, 0.29) is 11.5 Å². The van der Waals surface area contributed by atoms with E-state index in [0.29, 0.717) is 5.02 Å². The van der Waals surface area contributed by atoms with E-state index in [0.717, 1.165) is 30.7 Å². The van der Waals surface area contributed by atoms with Crippen molar-refractivity contribution in [1.29, 1.82) is 0 Å². The Morgan fingerprint density at radius 3 is 2.71 bits per heavy atom. The number of rotatable bonds is 5. The quantitative estimate of drug-likeness (QED) is 0.848. The van der Waals surface area contributed by atoms with Crippen molar-refractivity contribution in [2.75, 3.05) is 20.7 Å². The van der Waals surface area contributed by atoms with E-state index in [9.17, 15) is 0 Å². The molecule has 3 nitrogen and oxygen atoms in total. The highest BCUT2D eigenvalue weighted by Crippen LogP contribution is 2.54. The van der Waals surface area contributed by atoms with Crippen molar-refractivity contribution in [3.05, 3.63) is 28.8 Å². The van der Waals surface area contributed by atoms with Crippen LogP contribution in [-0.2, 0) is 0 Å². The predicted molar refractivity (Wildman–Crippen MR) is 70.5 cm³/mol. The molecule has 4 heteroatoms. The molecule has 0 radical (unpaired) electrons. The predicted octanol–water partition coefficient (Wildman–Crippen LogP) is 2.35. The number of nitrogens with one attached hydrogen (secondary N) is 1. The maximum absolute atomic E-state index is 6.35. The molecule has 2 rings (SSSR count). The molecule has 3 N–H and O–H groups in total. The lowest BCUT2D eigenvalue weighted by atomic mass is 9.90. The van der Waals surface area contributed by atoms with Gasteiger partial charge in [-0.3, -0.25) is 0 Å². The first-order valence-electron chi connectivity index (χ1n) is 5.86. The maximum Gasteiger partial charge on any atom is 0.120 e. The molecule has 1 atom stereocenters. The van der Waals surface area contributed by atoms with Gasteiger partial charge in [0.2, 0.25) is 0 Å². The molecule has 0 heterocycles. The number of halogens is 1. The summed E-state index contributed by atoms with van der Waals surface area (Å²) in [5, 5.41) is 3.91. The zero-order valence-corrected chi connectivity index (χ0v) is 11.1. The Labute approximate surface area is 107 Å². The summed E-state index contributed by atoms with van der Waals surface area (Å²) < 4.78 is 5.14. The van der Waals surface area contributed by atoms with Crippen molar-refractivity contribution in [3.63, 3.8) is 0 Å². The Hall–Kier alpha value is -0.770. The molecule has 94 valence electrons. The summed E-state index contributed by atoms with van der Waals surface area (Å²) in [4.78, 5) is 0. The fraction of sp³-hybridized carbons (Fsp3) is 0.538. The van der Waals surface area contributed by atoms with Crippen LogP contribution in [0, 0.1) is 5.41 Å². The Kier molecular flexibility index (Phi) is 3.61. The Morgan fingerprint density at radius 2 is 2.24 bits per heavy atom. The molecular formula is C13H19ClN2O. The van der Waals surface area contributed by atoms with Crippen molar-refractivity contribution in [2.45, 2.75) is 18.9 Å². The smallest absolute Gasteiger partial charge is 0.120 e. The van der Waals surface area contributed by atoms with Crippen LogP contribution in [0.15, 0.2) is 18.2 Å². The van der Waals surface area contributed by atoms with Gasteiger partial charge in [0, 0.05) is 23.0 Å². The van der Waals surface area contributed by atoms with Crippen LogP contribution in [0.1, 0.15) is 24.4 Å². The lowest BCUT2D eigenvalue weighted by Gasteiger charge is -2.24. The summed E-state index contributed by atoms with van der Waals surface area (Å²) in [6.45, 7) is 0.941. The van der Waals surface area contributed by atoms with Gasteiger partial charge in [-0.25, -0.2) is 0 Å². The first-order chi connectivity index (χ1) is 8.13. The minimum absolute atomic E-state index is 0.00615. The second kappa shape index (κ2) is 4.84. The maximum atomic E-state index is 6.35. The van der Waals surface area contributed by atoms with Crippen LogP contribution in [0.25, 0.3) is 0 Å². The number of nitrogens with two attached hydrogens (primary N) is 1. The Bertz CT molecular complexity index is 404. The number of hydrogen-bond acceptors (Lipinski definition) is 3. The van der Waals surface area contributed by atoms with Crippen molar-refractivity contribution in [2.24, 2.45) is 11.1 Å². The van der Waals surface area contributed by atoms with Crippen molar-refractivity contribution in [3.8, 4) is 5.75 Å². The third-order valence-corrected chi connectivity index (χ3v) is 3.95. The molecule has 1 fully saturated rings. The van der Waals surface area contributed by atoms with Gasteiger partial charge >= 0.3 is 0 Å². The molecule has 1 aliphatic rings. The van der Waals surface area contributed by atoms with Gasteiger partial charge in [-0.1, -0.05) is 17.7 Å². The zero-order valence-electron chi connectivity index (χ0n) is 10.3. The number of benzene rings is 1. The molecule has 1 unspecified atom stereocenters. The van der Waals surface area contributed by atoms with Gasteiger partial charge in [-0.2, -0.15) is 0 Å². The molecule has 17 heavy (non-hydrogen) atoms. The van der Waals surface area contributed by atoms with Crippen LogP contribution in [-0.4, -0.2) is 20.7 Å². The molecule has 1 aromatic carbocycles. The highest BCUT2D eigenvalue weighted by atomic mass is 35.5. The molecular weight excluding hydrogens is 236 g/mol. The molecule has 0 aromatic heterocycles. The third kappa shape index (κ3) is 2.41. The van der Waals surface area contributed by atoms with Gasteiger partial charge in [-0.05, 0) is 37.6 Å². The minimum atomic E-state index is -0.00615. The van der Waals surface area contributed by atoms with Crippen LogP contribution in [0.4, 0.5) is 0 Å². The van der Waals surface area contributed by atoms with Gasteiger partial charge in [0.25, 0.3) is 0 Å². The standard InChI is InChI=1S/C13H19ClN2O/c1-16-8-13(5-6-13)12(15)10-4-3-9(17-2)7-11(10)14/h3-4,7,12,16H,5-6,8,15H2,1-2H3. The second-order valence-corrected chi connectivity index (χ2v) is 5.17. The average Bonchev–Trinajstić information content (AvgIpc) is 3.09. The summed E-state index contributed by atoms with van der Waals surface area (Å²) in [6.07, 6.45) is 2.33. The minimum Gasteiger partial charge on any atom is -0.497 e. The van der Waals surface area contributed by atoms with Crippen LogP contribution >= 0.6 is 11.6 Å². The molecule has 0 amide bonds. The van der Waals surface area contributed by atoms with E-state index in [1.54, 1.807) is 7.11 Å². The van der Waals surface area contributed by atoms with Gasteiger partial charge in [0.1, 0.15) is 5.75 Å². The fourth-order valence-electron chi connectivity index (χ4n) is 2.33. The van der Waals surface area contributed by atoms with Crippen molar-refractivity contribution in [1.82, 2.24) is 5.32 Å². The van der Waals surface area contributed by atoms with Gasteiger partial charge < -0.3 is 15.8 Å². The topological polar surface area (TPSA) is 47.3 Å². The summed E-state index contributed by atoms with van der Waals surface area (Å²) in [5.41, 5.74) is 7.55. The Morgan fingerprint density at radius 1 is 1.53 bits per heavy atom. The normalized spacial score (nSPS) is 18.8. The first-order valence-corrected chi connectivity index (χ1v) is 6.24. The first kappa shape index (κ1) is 12.7. The fourth-order valence-corrected chi connectivity index (χ4v) is 2.62. The summed E-state index contributed by atoms with van der Waals surface area (Å²) in [5.74, 6) is 0.768. The van der Waals surface area contributed by atoms with E-state index in [1.807, 2.05) is 25.2 Å². The van der Waals surface area contributed by atoms with Crippen molar-refractivity contribution >= 4 is 11.6 Å².